The van der Waals surface area contributed by atoms with Crippen molar-refractivity contribution in [3.8, 4) is 23.0 Å². The molecule has 5 nitrogen and oxygen atoms in total. The molecule has 0 aliphatic heterocycles. The molecule has 0 radical (unpaired) electrons. The number of ether oxygens (including phenoxy) is 2. The highest BCUT2D eigenvalue weighted by atomic mass is 16.5. The predicted octanol–water partition coefficient (Wildman–Crippen LogP) is 4.13. The van der Waals surface area contributed by atoms with E-state index in [4.69, 9.17) is 13.9 Å². The Morgan fingerprint density at radius 1 is 1.17 bits per heavy atom. The maximum atomic E-state index is 11.7. The molecular formula is C19H17NO4. The lowest BCUT2D eigenvalue weighted by molar-refractivity contribution is 0.101. The van der Waals surface area contributed by atoms with Gasteiger partial charge in [0.05, 0.1) is 12.7 Å². The summed E-state index contributed by atoms with van der Waals surface area (Å²) < 4.78 is 16.4. The first-order chi connectivity index (χ1) is 11.7. The lowest BCUT2D eigenvalue weighted by Crippen LogP contribution is -2.02. The minimum atomic E-state index is -0.0715. The third kappa shape index (κ3) is 3.46. The highest BCUT2D eigenvalue weighted by Gasteiger charge is 2.12. The topological polar surface area (TPSA) is 61.6 Å². The molecule has 0 amide bonds. The van der Waals surface area contributed by atoms with Gasteiger partial charge < -0.3 is 13.9 Å². The molecule has 0 saturated heterocycles. The number of ketones is 1. The van der Waals surface area contributed by atoms with Crippen molar-refractivity contribution < 1.29 is 18.7 Å². The molecule has 0 spiro atoms. The second kappa shape index (κ2) is 7.00. The SMILES string of the molecule is COc1ccc(C(C)=O)c(OCc2coc(-c3ccccc3)n2)c1. The Kier molecular flexibility index (Phi) is 4.61. The van der Waals surface area contributed by atoms with Crippen LogP contribution < -0.4 is 9.47 Å². The van der Waals surface area contributed by atoms with Crippen molar-refractivity contribution in [1.82, 2.24) is 4.98 Å². The summed E-state index contributed by atoms with van der Waals surface area (Å²) >= 11 is 0. The largest absolute Gasteiger partial charge is 0.497 e. The van der Waals surface area contributed by atoms with E-state index in [9.17, 15) is 4.79 Å². The molecule has 122 valence electrons. The van der Waals surface area contributed by atoms with Gasteiger partial charge in [-0.25, -0.2) is 4.98 Å². The van der Waals surface area contributed by atoms with Crippen LogP contribution in [0.1, 0.15) is 23.0 Å². The Morgan fingerprint density at radius 2 is 1.96 bits per heavy atom. The van der Waals surface area contributed by atoms with Gasteiger partial charge in [-0.1, -0.05) is 18.2 Å². The molecule has 0 fully saturated rings. The molecule has 3 rings (SSSR count). The van der Waals surface area contributed by atoms with Gasteiger partial charge in [0, 0.05) is 11.6 Å². The first kappa shape index (κ1) is 15.8. The summed E-state index contributed by atoms with van der Waals surface area (Å²) in [7, 11) is 1.57. The normalized spacial score (nSPS) is 10.4. The fraction of sp³-hybridized carbons (Fsp3) is 0.158. The zero-order chi connectivity index (χ0) is 16.9. The summed E-state index contributed by atoms with van der Waals surface area (Å²) in [6.07, 6.45) is 1.55. The van der Waals surface area contributed by atoms with E-state index in [2.05, 4.69) is 4.98 Å². The van der Waals surface area contributed by atoms with E-state index in [0.717, 1.165) is 5.56 Å². The van der Waals surface area contributed by atoms with Crippen molar-refractivity contribution >= 4 is 5.78 Å². The number of Topliss-reactive ketones (excluding diaryl/α,β-unsaturated/α-hetero) is 1. The Balaban J connectivity index is 1.77. The number of nitrogens with zero attached hydrogens (tertiary/aromatic N) is 1. The lowest BCUT2D eigenvalue weighted by atomic mass is 10.1. The Hall–Kier alpha value is -3.08. The highest BCUT2D eigenvalue weighted by molar-refractivity contribution is 5.97. The summed E-state index contributed by atoms with van der Waals surface area (Å²) in [5.74, 6) is 1.55. The summed E-state index contributed by atoms with van der Waals surface area (Å²) in [6, 6.07) is 14.7. The first-order valence-electron chi connectivity index (χ1n) is 7.49. The number of carbonyl (C=O) groups is 1. The summed E-state index contributed by atoms with van der Waals surface area (Å²) in [5, 5.41) is 0. The second-order valence-electron chi connectivity index (χ2n) is 5.22. The van der Waals surface area contributed by atoms with E-state index >= 15 is 0 Å². The van der Waals surface area contributed by atoms with Crippen LogP contribution in [-0.4, -0.2) is 17.9 Å². The number of benzene rings is 2. The molecule has 24 heavy (non-hydrogen) atoms. The van der Waals surface area contributed by atoms with E-state index < -0.39 is 0 Å². The Labute approximate surface area is 139 Å². The van der Waals surface area contributed by atoms with Gasteiger partial charge in [0.15, 0.2) is 5.78 Å². The molecule has 0 aliphatic rings. The molecule has 1 heterocycles. The van der Waals surface area contributed by atoms with Crippen LogP contribution in [0.25, 0.3) is 11.5 Å². The zero-order valence-electron chi connectivity index (χ0n) is 13.5. The van der Waals surface area contributed by atoms with E-state index in [1.54, 1.807) is 31.6 Å². The van der Waals surface area contributed by atoms with E-state index in [0.29, 0.717) is 28.6 Å². The van der Waals surface area contributed by atoms with Crippen molar-refractivity contribution in [3.63, 3.8) is 0 Å². The van der Waals surface area contributed by atoms with Gasteiger partial charge in [-0.15, -0.1) is 0 Å². The minimum Gasteiger partial charge on any atom is -0.497 e. The number of oxazole rings is 1. The molecule has 2 aromatic carbocycles. The van der Waals surface area contributed by atoms with Gasteiger partial charge in [-0.05, 0) is 31.2 Å². The monoisotopic (exact) mass is 323 g/mol. The van der Waals surface area contributed by atoms with Crippen molar-refractivity contribution in [3.05, 3.63) is 66.1 Å². The molecule has 3 aromatic rings. The first-order valence-corrected chi connectivity index (χ1v) is 7.49. The second-order valence-corrected chi connectivity index (χ2v) is 5.22. The number of rotatable bonds is 6. The fourth-order valence-corrected chi connectivity index (χ4v) is 2.28. The molecule has 0 aliphatic carbocycles. The number of hydrogen-bond donors (Lipinski definition) is 0. The van der Waals surface area contributed by atoms with Crippen LogP contribution in [0.2, 0.25) is 0 Å². The highest BCUT2D eigenvalue weighted by Crippen LogP contribution is 2.26. The van der Waals surface area contributed by atoms with Gasteiger partial charge in [0.1, 0.15) is 30.1 Å². The van der Waals surface area contributed by atoms with Gasteiger partial charge in [0.2, 0.25) is 5.89 Å². The van der Waals surface area contributed by atoms with E-state index in [-0.39, 0.29) is 12.4 Å². The van der Waals surface area contributed by atoms with Crippen molar-refractivity contribution in [1.29, 1.82) is 0 Å². The van der Waals surface area contributed by atoms with Crippen LogP contribution >= 0.6 is 0 Å². The number of carbonyl (C=O) groups excluding carboxylic acids is 1. The molecule has 0 N–H and O–H groups in total. The average molecular weight is 323 g/mol. The van der Waals surface area contributed by atoms with Gasteiger partial charge in [-0.2, -0.15) is 0 Å². The van der Waals surface area contributed by atoms with Gasteiger partial charge in [-0.3, -0.25) is 4.79 Å². The third-order valence-corrected chi connectivity index (χ3v) is 3.52. The van der Waals surface area contributed by atoms with E-state index in [1.165, 1.54) is 6.92 Å². The molecular weight excluding hydrogens is 306 g/mol. The Morgan fingerprint density at radius 3 is 2.67 bits per heavy atom. The number of hydrogen-bond acceptors (Lipinski definition) is 5. The van der Waals surface area contributed by atoms with Crippen molar-refractivity contribution in [2.45, 2.75) is 13.5 Å². The van der Waals surface area contributed by atoms with Crippen LogP contribution in [0, 0.1) is 0 Å². The van der Waals surface area contributed by atoms with Crippen LogP contribution in [0.4, 0.5) is 0 Å². The molecule has 1 aromatic heterocycles. The number of methoxy groups -OCH3 is 1. The maximum absolute atomic E-state index is 11.7. The van der Waals surface area contributed by atoms with Gasteiger partial charge >= 0.3 is 0 Å². The smallest absolute Gasteiger partial charge is 0.226 e. The van der Waals surface area contributed by atoms with Crippen molar-refractivity contribution in [2.75, 3.05) is 7.11 Å². The van der Waals surface area contributed by atoms with Crippen LogP contribution in [0.5, 0.6) is 11.5 Å². The summed E-state index contributed by atoms with van der Waals surface area (Å²) in [6.45, 7) is 1.70. The quantitative estimate of drug-likeness (QED) is 0.638. The number of aromatic nitrogens is 1. The minimum absolute atomic E-state index is 0.0715. The standard InChI is InChI=1S/C19H17NO4/c1-13(21)17-9-8-16(22-2)10-18(17)23-11-15-12-24-19(20-15)14-6-4-3-5-7-14/h3-10,12H,11H2,1-2H3. The van der Waals surface area contributed by atoms with Crippen LogP contribution in [0.15, 0.2) is 59.2 Å². The van der Waals surface area contributed by atoms with Crippen LogP contribution in [-0.2, 0) is 6.61 Å². The zero-order valence-corrected chi connectivity index (χ0v) is 13.5. The Bertz CT molecular complexity index is 840. The molecule has 0 saturated carbocycles. The third-order valence-electron chi connectivity index (χ3n) is 3.52. The summed E-state index contributed by atoms with van der Waals surface area (Å²) in [5.41, 5.74) is 2.04. The lowest BCUT2D eigenvalue weighted by Gasteiger charge is -2.10. The summed E-state index contributed by atoms with van der Waals surface area (Å²) in [4.78, 5) is 16.1. The molecule has 0 bridgehead atoms. The molecule has 0 atom stereocenters. The average Bonchev–Trinajstić information content (AvgIpc) is 3.09. The van der Waals surface area contributed by atoms with E-state index in [1.807, 2.05) is 30.3 Å². The maximum Gasteiger partial charge on any atom is 0.226 e. The van der Waals surface area contributed by atoms with Crippen LogP contribution in [0.3, 0.4) is 0 Å². The molecule has 5 heteroatoms. The predicted molar refractivity (Wildman–Crippen MR) is 89.3 cm³/mol. The van der Waals surface area contributed by atoms with Crippen molar-refractivity contribution in [2.24, 2.45) is 0 Å². The fourth-order valence-electron chi connectivity index (χ4n) is 2.28. The van der Waals surface area contributed by atoms with Gasteiger partial charge in [0.25, 0.3) is 0 Å². The molecule has 0 unspecified atom stereocenters.